The number of benzene rings is 1. The maximum absolute atomic E-state index is 13.4. The van der Waals surface area contributed by atoms with Crippen molar-refractivity contribution < 1.29 is 22.3 Å². The van der Waals surface area contributed by atoms with Gasteiger partial charge in [0, 0.05) is 0 Å². The van der Waals surface area contributed by atoms with E-state index in [1.165, 1.54) is 12.1 Å². The minimum atomic E-state index is -3.53. The molecule has 1 aromatic rings. The molecular formula is C11H13FN2O4S. The topological polar surface area (TPSA) is 102 Å². The molecule has 0 atom stereocenters. The first-order valence-corrected chi connectivity index (χ1v) is 7.04. The molecule has 0 fully saturated rings. The second-order valence-electron chi connectivity index (χ2n) is 3.58. The number of ether oxygens (including phenoxy) is 2. The Morgan fingerprint density at radius 1 is 1.32 bits per heavy atom. The summed E-state index contributed by atoms with van der Waals surface area (Å²) < 4.78 is 44.6. The highest BCUT2D eigenvalue weighted by Crippen LogP contribution is 2.17. The van der Waals surface area contributed by atoms with Gasteiger partial charge in [0.25, 0.3) is 0 Å². The molecule has 1 aromatic carbocycles. The van der Waals surface area contributed by atoms with Gasteiger partial charge in [-0.25, -0.2) is 17.9 Å². The van der Waals surface area contributed by atoms with Crippen LogP contribution in [0.5, 0.6) is 5.75 Å². The summed E-state index contributed by atoms with van der Waals surface area (Å²) in [6.07, 6.45) is 0. The summed E-state index contributed by atoms with van der Waals surface area (Å²) in [5.74, 6) is -0.907. The lowest BCUT2D eigenvalue weighted by atomic mass is 10.2. The van der Waals surface area contributed by atoms with E-state index in [9.17, 15) is 12.8 Å². The molecule has 0 bridgehead atoms. The maximum Gasteiger partial charge on any atom is 0.211 e. The Morgan fingerprint density at radius 3 is 2.63 bits per heavy atom. The maximum atomic E-state index is 13.4. The number of hydrogen-bond donors (Lipinski definition) is 1. The molecule has 0 saturated heterocycles. The average Bonchev–Trinajstić information content (AvgIpc) is 2.33. The van der Waals surface area contributed by atoms with Crippen LogP contribution in [0.3, 0.4) is 0 Å². The van der Waals surface area contributed by atoms with Crippen molar-refractivity contribution in [2.45, 2.75) is 0 Å². The Kier molecular flexibility index (Phi) is 5.69. The molecule has 0 saturated carbocycles. The van der Waals surface area contributed by atoms with Crippen molar-refractivity contribution in [1.82, 2.24) is 0 Å². The quantitative estimate of drug-likeness (QED) is 0.731. The smallest absolute Gasteiger partial charge is 0.211 e. The summed E-state index contributed by atoms with van der Waals surface area (Å²) >= 11 is 0. The van der Waals surface area contributed by atoms with E-state index in [0.29, 0.717) is 0 Å². The van der Waals surface area contributed by atoms with Crippen LogP contribution in [0, 0.1) is 17.1 Å². The van der Waals surface area contributed by atoms with Crippen LogP contribution >= 0.6 is 0 Å². The zero-order valence-corrected chi connectivity index (χ0v) is 10.8. The normalized spacial score (nSPS) is 11.0. The molecule has 0 aromatic heterocycles. The van der Waals surface area contributed by atoms with Crippen molar-refractivity contribution in [2.24, 2.45) is 5.14 Å². The van der Waals surface area contributed by atoms with E-state index >= 15 is 0 Å². The number of nitrogens with two attached hydrogens (primary N) is 1. The fourth-order valence-electron chi connectivity index (χ4n) is 1.18. The fourth-order valence-corrected chi connectivity index (χ4v) is 1.53. The van der Waals surface area contributed by atoms with E-state index in [2.05, 4.69) is 0 Å². The zero-order valence-electron chi connectivity index (χ0n) is 10.0. The monoisotopic (exact) mass is 288 g/mol. The Morgan fingerprint density at radius 2 is 2.05 bits per heavy atom. The van der Waals surface area contributed by atoms with Crippen LogP contribution in [-0.2, 0) is 14.8 Å². The number of nitrogens with zero attached hydrogens (tertiary/aromatic N) is 1. The number of halogens is 1. The molecule has 2 N–H and O–H groups in total. The van der Waals surface area contributed by atoms with Gasteiger partial charge in [0.2, 0.25) is 10.0 Å². The van der Waals surface area contributed by atoms with Crippen molar-refractivity contribution in [3.63, 3.8) is 0 Å². The van der Waals surface area contributed by atoms with Gasteiger partial charge >= 0.3 is 0 Å². The van der Waals surface area contributed by atoms with Gasteiger partial charge in [0.05, 0.1) is 30.6 Å². The molecule has 0 unspecified atom stereocenters. The Hall–Kier alpha value is -1.69. The van der Waals surface area contributed by atoms with Gasteiger partial charge in [-0.15, -0.1) is 0 Å². The van der Waals surface area contributed by atoms with Crippen molar-refractivity contribution in [3.05, 3.63) is 29.6 Å². The predicted octanol–water partition coefficient (Wildman–Crippen LogP) is 0.381. The zero-order chi connectivity index (χ0) is 14.3. The Balaban J connectivity index is 2.29. The van der Waals surface area contributed by atoms with Crippen molar-refractivity contribution in [2.75, 3.05) is 25.6 Å². The highest BCUT2D eigenvalue weighted by molar-refractivity contribution is 7.89. The largest absolute Gasteiger partial charge is 0.488 e. The summed E-state index contributed by atoms with van der Waals surface area (Å²) in [7, 11) is -3.53. The van der Waals surface area contributed by atoms with E-state index < -0.39 is 15.8 Å². The molecular weight excluding hydrogens is 275 g/mol. The van der Waals surface area contributed by atoms with Crippen molar-refractivity contribution >= 4 is 10.0 Å². The molecule has 8 heteroatoms. The molecule has 0 aliphatic heterocycles. The summed E-state index contributed by atoms with van der Waals surface area (Å²) in [5.41, 5.74) is 0.203. The fraction of sp³-hybridized carbons (Fsp3) is 0.364. The van der Waals surface area contributed by atoms with Gasteiger partial charge < -0.3 is 9.47 Å². The highest BCUT2D eigenvalue weighted by Gasteiger charge is 2.05. The number of rotatable bonds is 7. The minimum absolute atomic E-state index is 0.00838. The van der Waals surface area contributed by atoms with Crippen LogP contribution in [0.15, 0.2) is 18.2 Å². The Bertz CT molecular complexity index is 569. The first-order valence-electron chi connectivity index (χ1n) is 5.33. The van der Waals surface area contributed by atoms with Crippen LogP contribution in [0.4, 0.5) is 4.39 Å². The summed E-state index contributed by atoms with van der Waals surface area (Å²) in [6, 6.07) is 5.65. The third-order valence-corrected chi connectivity index (χ3v) is 2.79. The van der Waals surface area contributed by atoms with Gasteiger partial charge in [-0.3, -0.25) is 0 Å². The minimum Gasteiger partial charge on any atom is -0.488 e. The van der Waals surface area contributed by atoms with Crippen LogP contribution in [0.1, 0.15) is 5.56 Å². The molecule has 6 nitrogen and oxygen atoms in total. The number of hydrogen-bond acceptors (Lipinski definition) is 5. The molecule has 1 rings (SSSR count). The molecule has 0 aliphatic rings. The standard InChI is InChI=1S/C11H13FN2O4S/c12-10-7-9(8-13)1-2-11(10)18-4-3-17-5-6-19(14,15)16/h1-2,7H,3-6H2,(H2,14,15,16). The molecule has 0 heterocycles. The summed E-state index contributed by atoms with van der Waals surface area (Å²) in [5, 5.41) is 13.3. The summed E-state index contributed by atoms with van der Waals surface area (Å²) in [4.78, 5) is 0. The first-order chi connectivity index (χ1) is 8.92. The van der Waals surface area contributed by atoms with Crippen molar-refractivity contribution in [3.8, 4) is 11.8 Å². The van der Waals surface area contributed by atoms with Crippen molar-refractivity contribution in [1.29, 1.82) is 5.26 Å². The average molecular weight is 288 g/mol. The van der Waals surface area contributed by atoms with E-state index in [1.54, 1.807) is 6.07 Å². The van der Waals surface area contributed by atoms with Crippen LogP contribution in [0.2, 0.25) is 0 Å². The molecule has 0 amide bonds. The van der Waals surface area contributed by atoms with Gasteiger partial charge in [-0.1, -0.05) is 0 Å². The SMILES string of the molecule is N#Cc1ccc(OCCOCCS(N)(=O)=O)c(F)c1. The Labute approximate surface area is 110 Å². The van der Waals surface area contributed by atoms with E-state index in [1.807, 2.05) is 0 Å². The van der Waals surface area contributed by atoms with Gasteiger partial charge in [-0.2, -0.15) is 5.26 Å². The van der Waals surface area contributed by atoms with Crippen LogP contribution in [0.25, 0.3) is 0 Å². The molecule has 0 spiro atoms. The third-order valence-electron chi connectivity index (χ3n) is 2.06. The first kappa shape index (κ1) is 15.4. The van der Waals surface area contributed by atoms with Gasteiger partial charge in [0.1, 0.15) is 6.61 Å². The molecule has 19 heavy (non-hydrogen) atoms. The second-order valence-corrected chi connectivity index (χ2v) is 5.32. The lowest BCUT2D eigenvalue weighted by Crippen LogP contribution is -2.21. The highest BCUT2D eigenvalue weighted by atomic mass is 32.2. The molecule has 0 aliphatic carbocycles. The third kappa shape index (κ3) is 6.15. The number of nitriles is 1. The van der Waals surface area contributed by atoms with E-state index in [4.69, 9.17) is 19.9 Å². The number of sulfonamides is 1. The van der Waals surface area contributed by atoms with Crippen LogP contribution < -0.4 is 9.88 Å². The van der Waals surface area contributed by atoms with Gasteiger partial charge in [-0.05, 0) is 18.2 Å². The second kappa shape index (κ2) is 7.04. The summed E-state index contributed by atoms with van der Waals surface area (Å²) in [6.45, 7) is 0.125. The molecule has 104 valence electrons. The van der Waals surface area contributed by atoms with E-state index in [-0.39, 0.29) is 36.9 Å². The predicted molar refractivity (Wildman–Crippen MR) is 65.4 cm³/mol. The lowest BCUT2D eigenvalue weighted by Gasteiger charge is -2.07. The van der Waals surface area contributed by atoms with Gasteiger partial charge in [0.15, 0.2) is 11.6 Å². The number of primary sulfonamides is 1. The van der Waals surface area contributed by atoms with E-state index in [0.717, 1.165) is 6.07 Å². The molecule has 0 radical (unpaired) electrons. The lowest BCUT2D eigenvalue weighted by molar-refractivity contribution is 0.109. The van der Waals surface area contributed by atoms with Crippen LogP contribution in [-0.4, -0.2) is 34.0 Å².